The first-order valence-corrected chi connectivity index (χ1v) is 9.22. The summed E-state index contributed by atoms with van der Waals surface area (Å²) in [5.41, 5.74) is 0.973. The SMILES string of the molecule is CC(NS(=O)(=O)c1ccc(Cl)cc1)C(=O)N(C)Cc1ccccc1. The molecule has 1 atom stereocenters. The smallest absolute Gasteiger partial charge is 0.241 e. The van der Waals surface area contributed by atoms with Gasteiger partial charge in [-0.3, -0.25) is 4.79 Å². The monoisotopic (exact) mass is 366 g/mol. The normalized spacial score (nSPS) is 12.6. The second kappa shape index (κ2) is 7.79. The molecule has 0 aliphatic rings. The van der Waals surface area contributed by atoms with Crippen LogP contribution >= 0.6 is 11.6 Å². The third-order valence-electron chi connectivity index (χ3n) is 3.47. The average Bonchev–Trinajstić information content (AvgIpc) is 2.55. The highest BCUT2D eigenvalue weighted by Gasteiger charge is 2.24. The van der Waals surface area contributed by atoms with Gasteiger partial charge in [0.15, 0.2) is 0 Å². The molecule has 0 radical (unpaired) electrons. The maximum absolute atomic E-state index is 12.4. The average molecular weight is 367 g/mol. The van der Waals surface area contributed by atoms with Gasteiger partial charge in [0.1, 0.15) is 0 Å². The largest absolute Gasteiger partial charge is 0.340 e. The summed E-state index contributed by atoms with van der Waals surface area (Å²) in [6.45, 7) is 1.93. The van der Waals surface area contributed by atoms with Crippen molar-refractivity contribution in [3.05, 3.63) is 65.2 Å². The number of hydrogen-bond acceptors (Lipinski definition) is 3. The molecule has 5 nitrogen and oxygen atoms in total. The van der Waals surface area contributed by atoms with E-state index in [0.717, 1.165) is 5.56 Å². The first-order valence-electron chi connectivity index (χ1n) is 7.36. The number of halogens is 1. The molecule has 0 aliphatic heterocycles. The Hall–Kier alpha value is -1.89. The Labute approximate surface area is 147 Å². The van der Waals surface area contributed by atoms with E-state index in [1.54, 1.807) is 7.05 Å². The molecule has 0 bridgehead atoms. The highest BCUT2D eigenvalue weighted by atomic mass is 35.5. The molecule has 2 rings (SSSR count). The zero-order chi connectivity index (χ0) is 17.7. The van der Waals surface area contributed by atoms with E-state index in [-0.39, 0.29) is 10.8 Å². The van der Waals surface area contributed by atoms with Crippen LogP contribution in [-0.4, -0.2) is 32.3 Å². The Kier molecular flexibility index (Phi) is 5.99. The molecule has 0 aliphatic carbocycles. The summed E-state index contributed by atoms with van der Waals surface area (Å²) >= 11 is 5.76. The Bertz CT molecular complexity index is 792. The number of benzene rings is 2. The molecule has 0 fully saturated rings. The second-order valence-electron chi connectivity index (χ2n) is 5.48. The van der Waals surface area contributed by atoms with Gasteiger partial charge in [0.25, 0.3) is 0 Å². The number of nitrogens with one attached hydrogen (secondary N) is 1. The maximum atomic E-state index is 12.4. The lowest BCUT2D eigenvalue weighted by atomic mass is 10.2. The van der Waals surface area contributed by atoms with Crippen LogP contribution in [0.25, 0.3) is 0 Å². The van der Waals surface area contributed by atoms with Gasteiger partial charge < -0.3 is 4.90 Å². The maximum Gasteiger partial charge on any atom is 0.241 e. The van der Waals surface area contributed by atoms with Gasteiger partial charge in [0.05, 0.1) is 10.9 Å². The van der Waals surface area contributed by atoms with Crippen LogP contribution in [0.5, 0.6) is 0 Å². The summed E-state index contributed by atoms with van der Waals surface area (Å²) in [4.78, 5) is 13.9. The van der Waals surface area contributed by atoms with Crippen molar-refractivity contribution >= 4 is 27.5 Å². The van der Waals surface area contributed by atoms with E-state index in [1.165, 1.54) is 36.1 Å². The number of nitrogens with zero attached hydrogens (tertiary/aromatic N) is 1. The van der Waals surface area contributed by atoms with Crippen molar-refractivity contribution in [3.63, 3.8) is 0 Å². The minimum absolute atomic E-state index is 0.0669. The minimum Gasteiger partial charge on any atom is -0.340 e. The molecule has 0 saturated carbocycles. The van der Waals surface area contributed by atoms with Crippen molar-refractivity contribution in [1.82, 2.24) is 9.62 Å². The zero-order valence-electron chi connectivity index (χ0n) is 13.4. The quantitative estimate of drug-likeness (QED) is 0.854. The first kappa shape index (κ1) is 18.4. The van der Waals surface area contributed by atoms with E-state index < -0.39 is 16.1 Å². The predicted octanol–water partition coefficient (Wildman–Crippen LogP) is 2.67. The standard InChI is InChI=1S/C17H19ClN2O3S/c1-13(17(21)20(2)12-14-6-4-3-5-7-14)19-24(22,23)16-10-8-15(18)9-11-16/h3-11,13,19H,12H2,1-2H3. The Morgan fingerprint density at radius 2 is 1.71 bits per heavy atom. The van der Waals surface area contributed by atoms with Crippen molar-refractivity contribution in [2.45, 2.75) is 24.4 Å². The fourth-order valence-electron chi connectivity index (χ4n) is 2.23. The molecule has 1 amide bonds. The van der Waals surface area contributed by atoms with E-state index in [0.29, 0.717) is 11.6 Å². The van der Waals surface area contributed by atoms with Crippen LogP contribution in [0.4, 0.5) is 0 Å². The van der Waals surface area contributed by atoms with Gasteiger partial charge in [-0.2, -0.15) is 4.72 Å². The Balaban J connectivity index is 2.03. The number of carbonyl (C=O) groups excluding carboxylic acids is 1. The highest BCUT2D eigenvalue weighted by Crippen LogP contribution is 2.14. The lowest BCUT2D eigenvalue weighted by Gasteiger charge is -2.22. The van der Waals surface area contributed by atoms with Crippen molar-refractivity contribution in [3.8, 4) is 0 Å². The van der Waals surface area contributed by atoms with Crippen LogP contribution in [0.15, 0.2) is 59.5 Å². The van der Waals surface area contributed by atoms with Crippen LogP contribution in [0.1, 0.15) is 12.5 Å². The van der Waals surface area contributed by atoms with Crippen LogP contribution < -0.4 is 4.72 Å². The van der Waals surface area contributed by atoms with Crippen molar-refractivity contribution in [1.29, 1.82) is 0 Å². The van der Waals surface area contributed by atoms with Crippen LogP contribution in [-0.2, 0) is 21.4 Å². The molecular weight excluding hydrogens is 348 g/mol. The number of amides is 1. The molecule has 0 aromatic heterocycles. The van der Waals surface area contributed by atoms with E-state index in [1.807, 2.05) is 30.3 Å². The topological polar surface area (TPSA) is 66.5 Å². The summed E-state index contributed by atoms with van der Waals surface area (Å²) in [7, 11) is -2.14. The first-order chi connectivity index (χ1) is 11.3. The van der Waals surface area contributed by atoms with E-state index in [9.17, 15) is 13.2 Å². The molecule has 128 valence electrons. The van der Waals surface area contributed by atoms with Crippen LogP contribution in [0, 0.1) is 0 Å². The number of hydrogen-bond donors (Lipinski definition) is 1. The second-order valence-corrected chi connectivity index (χ2v) is 7.63. The number of likely N-dealkylation sites (N-methyl/N-ethyl adjacent to an activating group) is 1. The van der Waals surface area contributed by atoms with E-state index in [2.05, 4.69) is 4.72 Å². The molecular formula is C17H19ClN2O3S. The third kappa shape index (κ3) is 4.80. The molecule has 24 heavy (non-hydrogen) atoms. The van der Waals surface area contributed by atoms with E-state index in [4.69, 9.17) is 11.6 Å². The summed E-state index contributed by atoms with van der Waals surface area (Å²) < 4.78 is 27.0. The molecule has 0 saturated heterocycles. The number of rotatable bonds is 6. The molecule has 2 aromatic rings. The Morgan fingerprint density at radius 1 is 1.12 bits per heavy atom. The van der Waals surface area contributed by atoms with Gasteiger partial charge in [-0.05, 0) is 36.8 Å². The fourth-order valence-corrected chi connectivity index (χ4v) is 3.55. The highest BCUT2D eigenvalue weighted by molar-refractivity contribution is 7.89. The number of sulfonamides is 1. The van der Waals surface area contributed by atoms with Gasteiger partial charge in [-0.15, -0.1) is 0 Å². The minimum atomic E-state index is -3.78. The summed E-state index contributed by atoms with van der Waals surface area (Å²) in [5.74, 6) is -0.309. The molecule has 7 heteroatoms. The van der Waals surface area contributed by atoms with Gasteiger partial charge >= 0.3 is 0 Å². The van der Waals surface area contributed by atoms with Gasteiger partial charge in [0.2, 0.25) is 15.9 Å². The predicted molar refractivity (Wildman–Crippen MR) is 94.2 cm³/mol. The van der Waals surface area contributed by atoms with Crippen LogP contribution in [0.2, 0.25) is 5.02 Å². The molecule has 0 spiro atoms. The summed E-state index contributed by atoms with van der Waals surface area (Å²) in [6.07, 6.45) is 0. The number of carbonyl (C=O) groups is 1. The van der Waals surface area contributed by atoms with Crippen molar-refractivity contribution in [2.75, 3.05) is 7.05 Å². The molecule has 1 unspecified atom stereocenters. The van der Waals surface area contributed by atoms with Gasteiger partial charge in [-0.1, -0.05) is 41.9 Å². The summed E-state index contributed by atoms with van der Waals surface area (Å²) in [5, 5.41) is 0.445. The zero-order valence-corrected chi connectivity index (χ0v) is 15.0. The lowest BCUT2D eigenvalue weighted by molar-refractivity contribution is -0.131. The fraction of sp³-hybridized carbons (Fsp3) is 0.235. The van der Waals surface area contributed by atoms with E-state index >= 15 is 0 Å². The van der Waals surface area contributed by atoms with Crippen molar-refractivity contribution in [2.24, 2.45) is 0 Å². The van der Waals surface area contributed by atoms with Crippen LogP contribution in [0.3, 0.4) is 0 Å². The molecule has 0 heterocycles. The van der Waals surface area contributed by atoms with Gasteiger partial charge in [0, 0.05) is 18.6 Å². The Morgan fingerprint density at radius 3 is 2.29 bits per heavy atom. The molecule has 1 N–H and O–H groups in total. The van der Waals surface area contributed by atoms with Gasteiger partial charge in [-0.25, -0.2) is 8.42 Å². The summed E-state index contributed by atoms with van der Waals surface area (Å²) in [6, 6.07) is 14.4. The lowest BCUT2D eigenvalue weighted by Crippen LogP contribution is -2.45. The molecule has 2 aromatic carbocycles. The van der Waals surface area contributed by atoms with Crippen molar-refractivity contribution < 1.29 is 13.2 Å². The third-order valence-corrected chi connectivity index (χ3v) is 5.27.